The normalized spacial score (nSPS) is 15.6. The molecule has 0 spiro atoms. The molecule has 2 heterocycles. The van der Waals surface area contributed by atoms with Crippen LogP contribution in [0.3, 0.4) is 0 Å². The Morgan fingerprint density at radius 3 is 2.50 bits per heavy atom. The number of hydrogen-bond donors (Lipinski definition) is 1. The van der Waals surface area contributed by atoms with Crippen molar-refractivity contribution in [1.82, 2.24) is 10.2 Å². The molecule has 0 bridgehead atoms. The second-order valence-corrected chi connectivity index (χ2v) is 9.18. The minimum Gasteiger partial charge on any atom is -0.493 e. The van der Waals surface area contributed by atoms with Gasteiger partial charge in [-0.1, -0.05) is 41.4 Å². The first-order valence-electron chi connectivity index (χ1n) is 12.0. The number of anilines is 1. The fourth-order valence-electron chi connectivity index (χ4n) is 4.07. The molecule has 2 aromatic carbocycles. The van der Waals surface area contributed by atoms with E-state index in [9.17, 15) is 0 Å². The summed E-state index contributed by atoms with van der Waals surface area (Å²) in [4.78, 5) is 13.2. The Morgan fingerprint density at radius 1 is 1.17 bits per heavy atom. The third kappa shape index (κ3) is 7.31. The molecule has 1 N–H and O–H groups in total. The maximum absolute atomic E-state index is 6.20. The van der Waals surface area contributed by atoms with Gasteiger partial charge in [-0.25, -0.2) is 0 Å². The number of nitrogens with one attached hydrogen (secondary N) is 1. The average molecular weight is 533 g/mol. The molecule has 2 aliphatic rings. The van der Waals surface area contributed by atoms with E-state index in [2.05, 4.69) is 39.9 Å². The van der Waals surface area contributed by atoms with Crippen LogP contribution in [0.25, 0.3) is 0 Å². The summed E-state index contributed by atoms with van der Waals surface area (Å²) in [6.07, 6.45) is 5.06. The summed E-state index contributed by atoms with van der Waals surface area (Å²) in [7, 11) is 5.43. The van der Waals surface area contributed by atoms with Gasteiger partial charge in [0.25, 0.3) is 0 Å². The van der Waals surface area contributed by atoms with Crippen molar-refractivity contribution in [3.05, 3.63) is 64.7 Å². The van der Waals surface area contributed by atoms with Crippen LogP contribution in [0.15, 0.2) is 59.0 Å². The number of halogens is 2. The van der Waals surface area contributed by atoms with Crippen molar-refractivity contribution < 1.29 is 9.47 Å². The van der Waals surface area contributed by atoms with Gasteiger partial charge in [-0.2, -0.15) is 0 Å². The Morgan fingerprint density at radius 2 is 1.92 bits per heavy atom. The number of amidine groups is 1. The van der Waals surface area contributed by atoms with E-state index in [1.165, 1.54) is 17.8 Å². The number of likely N-dealkylation sites (tertiary alicyclic amines) is 1. The van der Waals surface area contributed by atoms with Gasteiger partial charge in [0.15, 0.2) is 17.5 Å². The lowest BCUT2D eigenvalue weighted by Crippen LogP contribution is -2.39. The van der Waals surface area contributed by atoms with Crippen LogP contribution in [0.1, 0.15) is 18.4 Å². The van der Waals surface area contributed by atoms with Crippen LogP contribution in [0.5, 0.6) is 11.5 Å². The highest BCUT2D eigenvalue weighted by molar-refractivity contribution is 6.40. The van der Waals surface area contributed by atoms with Gasteiger partial charge in [0.05, 0.1) is 42.3 Å². The highest BCUT2D eigenvalue weighted by atomic mass is 35.5. The lowest BCUT2D eigenvalue weighted by Gasteiger charge is -2.25. The van der Waals surface area contributed by atoms with E-state index in [0.717, 1.165) is 62.2 Å². The molecular formula is C27H35Cl2N5O2. The number of methoxy groups -OCH3 is 2. The van der Waals surface area contributed by atoms with Gasteiger partial charge < -0.3 is 24.6 Å². The summed E-state index contributed by atoms with van der Waals surface area (Å²) < 4.78 is 10.5. The molecule has 4 rings (SSSR count). The van der Waals surface area contributed by atoms with E-state index in [0.29, 0.717) is 16.6 Å². The van der Waals surface area contributed by atoms with Crippen molar-refractivity contribution in [1.29, 1.82) is 0 Å². The molecular weight excluding hydrogens is 497 g/mol. The summed E-state index contributed by atoms with van der Waals surface area (Å²) in [5, 5.41) is 4.42. The van der Waals surface area contributed by atoms with Gasteiger partial charge in [-0.3, -0.25) is 9.98 Å². The van der Waals surface area contributed by atoms with Gasteiger partial charge in [0.2, 0.25) is 0 Å². The maximum Gasteiger partial charge on any atom is 0.199 e. The molecule has 0 radical (unpaired) electrons. The summed E-state index contributed by atoms with van der Waals surface area (Å²) >= 11 is 12.4. The molecule has 2 aliphatic heterocycles. The van der Waals surface area contributed by atoms with Crippen LogP contribution in [0, 0.1) is 0 Å². The van der Waals surface area contributed by atoms with Crippen LogP contribution in [0.4, 0.5) is 5.69 Å². The Bertz CT molecular complexity index is 1070. The molecule has 7 nitrogen and oxygen atoms in total. The van der Waals surface area contributed by atoms with Gasteiger partial charge in [0, 0.05) is 39.6 Å². The molecule has 9 heteroatoms. The fraction of sp³-hybridized carbons (Fsp3) is 0.407. The van der Waals surface area contributed by atoms with E-state index >= 15 is 0 Å². The largest absolute Gasteiger partial charge is 0.493 e. The Balaban J connectivity index is 0.000000202. The van der Waals surface area contributed by atoms with E-state index in [1.807, 2.05) is 35.2 Å². The molecule has 1 fully saturated rings. The third-order valence-electron chi connectivity index (χ3n) is 5.91. The van der Waals surface area contributed by atoms with E-state index in [1.54, 1.807) is 20.3 Å². The number of aliphatic imine (C=N–C) groups is 2. The Hall–Kier alpha value is -2.90. The number of benzene rings is 2. The Labute approximate surface area is 224 Å². The quantitative estimate of drug-likeness (QED) is 0.467. The number of hydrogen-bond acceptors (Lipinski definition) is 6. The minimum atomic E-state index is 0.606. The summed E-state index contributed by atoms with van der Waals surface area (Å²) in [6, 6.07) is 11.5. The topological polar surface area (TPSA) is 61.7 Å². The average Bonchev–Trinajstić information content (AvgIpc) is 3.56. The summed E-state index contributed by atoms with van der Waals surface area (Å²) in [5.41, 5.74) is 1.99. The molecule has 2 aromatic rings. The molecule has 0 atom stereocenters. The number of guanidine groups is 1. The highest BCUT2D eigenvalue weighted by Gasteiger charge is 2.20. The molecule has 0 amide bonds. The van der Waals surface area contributed by atoms with Gasteiger partial charge in [-0.05, 0) is 42.7 Å². The SMILES string of the molecule is C=CCN(C1=NCCN1)c1c(Cl)cccc1Cl.COc1ccc(CCN=C2CCCN2C)cc1OC. The van der Waals surface area contributed by atoms with Crippen molar-refractivity contribution >= 4 is 40.7 Å². The smallest absolute Gasteiger partial charge is 0.199 e. The minimum absolute atomic E-state index is 0.606. The number of rotatable bonds is 8. The standard InChI is InChI=1S/C15H22N2O2.C12H13Cl2N3/c1-17-10-4-5-15(17)16-9-8-12-6-7-13(18-2)14(11-12)19-3;1-2-8-17(12-15-6-7-16-12)11-9(13)4-3-5-10(11)14/h6-7,11H,4-5,8-10H2,1-3H3;2-5H,1,6-8H2,(H,15,16). The van der Waals surface area contributed by atoms with Gasteiger partial charge >= 0.3 is 0 Å². The third-order valence-corrected chi connectivity index (χ3v) is 6.52. The summed E-state index contributed by atoms with van der Waals surface area (Å²) in [5.74, 6) is 3.58. The number of nitrogens with zero attached hydrogens (tertiary/aromatic N) is 4. The predicted molar refractivity (Wildman–Crippen MR) is 152 cm³/mol. The van der Waals surface area contributed by atoms with Gasteiger partial charge in [-0.15, -0.1) is 6.58 Å². The predicted octanol–water partition coefficient (Wildman–Crippen LogP) is 5.32. The van der Waals surface area contributed by atoms with Crippen molar-refractivity contribution in [2.45, 2.75) is 19.3 Å². The lowest BCUT2D eigenvalue weighted by molar-refractivity contribution is 0.354. The molecule has 194 valence electrons. The zero-order valence-electron chi connectivity index (χ0n) is 21.3. The second kappa shape index (κ2) is 14.0. The first-order chi connectivity index (χ1) is 17.5. The van der Waals surface area contributed by atoms with Crippen LogP contribution in [-0.4, -0.2) is 70.7 Å². The zero-order valence-corrected chi connectivity index (χ0v) is 22.8. The molecule has 1 saturated heterocycles. The molecule has 0 aliphatic carbocycles. The molecule has 0 saturated carbocycles. The van der Waals surface area contributed by atoms with Gasteiger partial charge in [0.1, 0.15) is 0 Å². The van der Waals surface area contributed by atoms with Crippen molar-refractivity contribution in [3.8, 4) is 11.5 Å². The Kier molecular flexibility index (Phi) is 10.8. The summed E-state index contributed by atoms with van der Waals surface area (Å²) in [6.45, 7) is 7.92. The van der Waals surface area contributed by atoms with Crippen molar-refractivity contribution in [2.24, 2.45) is 9.98 Å². The molecule has 36 heavy (non-hydrogen) atoms. The van der Waals surface area contributed by atoms with Crippen molar-refractivity contribution in [2.75, 3.05) is 58.9 Å². The molecule has 0 unspecified atom stereocenters. The van der Waals surface area contributed by atoms with Crippen molar-refractivity contribution in [3.63, 3.8) is 0 Å². The zero-order chi connectivity index (χ0) is 25.9. The van der Waals surface area contributed by atoms with Crippen LogP contribution in [-0.2, 0) is 6.42 Å². The highest BCUT2D eigenvalue weighted by Crippen LogP contribution is 2.33. The number of para-hydroxylation sites is 1. The maximum atomic E-state index is 6.20. The fourth-order valence-corrected chi connectivity index (χ4v) is 4.67. The van der Waals surface area contributed by atoms with Crippen LogP contribution < -0.4 is 19.7 Å². The van der Waals surface area contributed by atoms with E-state index in [4.69, 9.17) is 32.7 Å². The van der Waals surface area contributed by atoms with Crippen LogP contribution >= 0.6 is 23.2 Å². The van der Waals surface area contributed by atoms with E-state index in [-0.39, 0.29) is 0 Å². The first-order valence-corrected chi connectivity index (χ1v) is 12.8. The monoisotopic (exact) mass is 531 g/mol. The van der Waals surface area contributed by atoms with E-state index < -0.39 is 0 Å². The second-order valence-electron chi connectivity index (χ2n) is 8.36. The molecule has 0 aromatic heterocycles. The lowest BCUT2D eigenvalue weighted by atomic mass is 10.1. The first kappa shape index (κ1) is 27.7. The van der Waals surface area contributed by atoms with Crippen LogP contribution in [0.2, 0.25) is 10.0 Å². The number of ether oxygens (including phenoxy) is 2.